The zero-order valence-corrected chi connectivity index (χ0v) is 15.9. The fourth-order valence-electron chi connectivity index (χ4n) is 7.38. The molecule has 9 atom stereocenters. The molecule has 0 radical (unpaired) electrons. The molecule has 0 unspecified atom stereocenters. The van der Waals surface area contributed by atoms with Crippen molar-refractivity contribution in [3.05, 3.63) is 12.2 Å². The molecule has 2 saturated heterocycles. The lowest BCUT2D eigenvalue weighted by Crippen LogP contribution is -2.67. The molecule has 5 fully saturated rings. The quantitative estimate of drug-likeness (QED) is 0.424. The minimum atomic E-state index is -1.16. The largest absolute Gasteiger partial charge is 0.461 e. The van der Waals surface area contributed by atoms with E-state index in [1.165, 1.54) is 6.92 Å². The van der Waals surface area contributed by atoms with Crippen molar-refractivity contribution in [1.82, 2.24) is 0 Å². The Balaban J connectivity index is 1.65. The van der Waals surface area contributed by atoms with Crippen LogP contribution in [0, 0.1) is 46.8 Å². The molecule has 1 spiro atoms. The van der Waals surface area contributed by atoms with E-state index in [2.05, 4.69) is 12.2 Å². The standard InChI is InChI=1S/C22H26O5/c1-10-5-16-15(20(10)25)4-3-12-7-13-8-14-9-18(24)22(13,21(26)27-14)17(19(12)16)6-11(2)23/h3-4,10,12-17,19H,5-9H2,1-2H3/t10-,12-,13+,14-,15+,16+,17+,19+,22-/m1/s1. The van der Waals surface area contributed by atoms with Crippen LogP contribution in [0.3, 0.4) is 0 Å². The molecule has 3 saturated carbocycles. The van der Waals surface area contributed by atoms with E-state index in [0.29, 0.717) is 0 Å². The van der Waals surface area contributed by atoms with Crippen molar-refractivity contribution in [2.45, 2.75) is 52.1 Å². The lowest BCUT2D eigenvalue weighted by atomic mass is 9.43. The third-order valence-electron chi connectivity index (χ3n) is 8.25. The number of hydrogen-bond donors (Lipinski definition) is 0. The Morgan fingerprint density at radius 1 is 1.19 bits per heavy atom. The normalized spacial score (nSPS) is 50.1. The van der Waals surface area contributed by atoms with E-state index < -0.39 is 11.4 Å². The maximum absolute atomic E-state index is 13.2. The Kier molecular flexibility index (Phi) is 3.60. The second-order valence-corrected chi connectivity index (χ2v) is 9.56. The summed E-state index contributed by atoms with van der Waals surface area (Å²) in [6.07, 6.45) is 6.75. The van der Waals surface area contributed by atoms with Crippen molar-refractivity contribution in [1.29, 1.82) is 0 Å². The van der Waals surface area contributed by atoms with Crippen LogP contribution in [-0.4, -0.2) is 29.4 Å². The van der Waals surface area contributed by atoms with Gasteiger partial charge in [-0.1, -0.05) is 19.1 Å². The van der Waals surface area contributed by atoms with E-state index in [0.717, 1.165) is 19.3 Å². The Morgan fingerprint density at radius 2 is 1.96 bits per heavy atom. The highest BCUT2D eigenvalue weighted by atomic mass is 16.5. The fraction of sp³-hybridized carbons (Fsp3) is 0.727. The number of carbonyl (C=O) groups excluding carboxylic acids is 4. The van der Waals surface area contributed by atoms with Gasteiger partial charge in [0.2, 0.25) is 0 Å². The summed E-state index contributed by atoms with van der Waals surface area (Å²) in [6, 6.07) is 0. The van der Waals surface area contributed by atoms with Gasteiger partial charge in [-0.05, 0) is 55.8 Å². The molecule has 2 aliphatic heterocycles. The highest BCUT2D eigenvalue weighted by molar-refractivity contribution is 6.08. The van der Waals surface area contributed by atoms with Gasteiger partial charge in [-0.3, -0.25) is 14.4 Å². The number of Topliss-reactive ketones (excluding diaryl/α,β-unsaturated/α-hetero) is 3. The van der Waals surface area contributed by atoms with Crippen LogP contribution in [0.1, 0.15) is 46.0 Å². The van der Waals surface area contributed by atoms with Crippen LogP contribution in [0.25, 0.3) is 0 Å². The molecule has 6 rings (SSSR count). The van der Waals surface area contributed by atoms with Crippen molar-refractivity contribution in [3.8, 4) is 0 Å². The molecular weight excluding hydrogens is 344 g/mol. The van der Waals surface area contributed by atoms with Crippen molar-refractivity contribution < 1.29 is 23.9 Å². The molecule has 0 aromatic rings. The van der Waals surface area contributed by atoms with Crippen LogP contribution < -0.4 is 0 Å². The molecular formula is C22H26O5. The Bertz CT molecular complexity index is 762. The average molecular weight is 370 g/mol. The van der Waals surface area contributed by atoms with Gasteiger partial charge in [0.05, 0.1) is 0 Å². The smallest absolute Gasteiger partial charge is 0.320 e. The summed E-state index contributed by atoms with van der Waals surface area (Å²) in [4.78, 5) is 51.1. The molecule has 27 heavy (non-hydrogen) atoms. The summed E-state index contributed by atoms with van der Waals surface area (Å²) in [7, 11) is 0. The minimum Gasteiger partial charge on any atom is -0.461 e. The number of ether oxygens (including phenoxy) is 1. The summed E-state index contributed by atoms with van der Waals surface area (Å²) in [6.45, 7) is 3.51. The summed E-state index contributed by atoms with van der Waals surface area (Å²) < 4.78 is 5.61. The van der Waals surface area contributed by atoms with Gasteiger partial charge in [0.25, 0.3) is 0 Å². The highest BCUT2D eigenvalue weighted by Crippen LogP contribution is 2.64. The lowest BCUT2D eigenvalue weighted by Gasteiger charge is -2.60. The molecule has 0 aromatic carbocycles. The third kappa shape index (κ3) is 2.11. The zero-order valence-electron chi connectivity index (χ0n) is 15.9. The first-order valence-corrected chi connectivity index (χ1v) is 10.3. The van der Waals surface area contributed by atoms with E-state index in [-0.39, 0.29) is 77.7 Å². The van der Waals surface area contributed by atoms with Crippen molar-refractivity contribution in [3.63, 3.8) is 0 Å². The van der Waals surface area contributed by atoms with Gasteiger partial charge in [0.1, 0.15) is 23.1 Å². The van der Waals surface area contributed by atoms with Crippen LogP contribution >= 0.6 is 0 Å². The number of fused-ring (bicyclic) bond motifs is 5. The molecule has 0 N–H and O–H groups in total. The molecule has 5 heteroatoms. The van der Waals surface area contributed by atoms with Crippen LogP contribution in [0.5, 0.6) is 0 Å². The van der Waals surface area contributed by atoms with Gasteiger partial charge in [0, 0.05) is 24.7 Å². The number of hydrogen-bond acceptors (Lipinski definition) is 5. The Hall–Kier alpha value is -1.78. The number of allylic oxidation sites excluding steroid dienone is 2. The average Bonchev–Trinajstić information content (AvgIpc) is 2.88. The van der Waals surface area contributed by atoms with E-state index >= 15 is 0 Å². The van der Waals surface area contributed by atoms with E-state index in [1.54, 1.807) is 0 Å². The lowest BCUT2D eigenvalue weighted by molar-refractivity contribution is -0.213. The molecule has 6 aliphatic rings. The Morgan fingerprint density at radius 3 is 2.67 bits per heavy atom. The molecule has 4 aliphatic carbocycles. The first-order chi connectivity index (χ1) is 12.8. The minimum absolute atomic E-state index is 0.00125. The highest BCUT2D eigenvalue weighted by Gasteiger charge is 2.70. The zero-order chi connectivity index (χ0) is 19.1. The van der Waals surface area contributed by atoms with Gasteiger partial charge in [-0.15, -0.1) is 0 Å². The number of ketones is 3. The molecule has 5 nitrogen and oxygen atoms in total. The SMILES string of the molecule is CC(=O)C[C@H]1[C@@H]2[C@H]3C[C@@H](C)C(=O)[C@H]3C=C[C@@H]2C[C@H]2C[C@@H]3CC(=O)[C@@]21C(=O)O3. The summed E-state index contributed by atoms with van der Waals surface area (Å²) >= 11 is 0. The summed E-state index contributed by atoms with van der Waals surface area (Å²) in [5.74, 6) is -0.256. The van der Waals surface area contributed by atoms with Gasteiger partial charge in [0.15, 0.2) is 5.78 Å². The van der Waals surface area contributed by atoms with E-state index in [9.17, 15) is 19.2 Å². The predicted molar refractivity (Wildman–Crippen MR) is 95.3 cm³/mol. The number of rotatable bonds is 2. The summed E-state index contributed by atoms with van der Waals surface area (Å²) in [5, 5.41) is 0. The van der Waals surface area contributed by atoms with Crippen molar-refractivity contribution in [2.24, 2.45) is 46.8 Å². The van der Waals surface area contributed by atoms with E-state index in [1.807, 2.05) is 6.92 Å². The van der Waals surface area contributed by atoms with Crippen LogP contribution in [0.2, 0.25) is 0 Å². The molecule has 0 aromatic heterocycles. The second kappa shape index (κ2) is 5.62. The first kappa shape index (κ1) is 17.3. The maximum atomic E-state index is 13.2. The molecule has 0 amide bonds. The first-order valence-electron chi connectivity index (χ1n) is 10.3. The van der Waals surface area contributed by atoms with Crippen LogP contribution in [0.15, 0.2) is 12.2 Å². The molecule has 144 valence electrons. The van der Waals surface area contributed by atoms with Gasteiger partial charge < -0.3 is 9.53 Å². The van der Waals surface area contributed by atoms with Gasteiger partial charge >= 0.3 is 5.97 Å². The Labute approximate surface area is 158 Å². The third-order valence-corrected chi connectivity index (χ3v) is 8.25. The number of carbonyl (C=O) groups is 4. The van der Waals surface area contributed by atoms with Crippen LogP contribution in [-0.2, 0) is 23.9 Å². The fourth-order valence-corrected chi connectivity index (χ4v) is 7.38. The molecule has 2 bridgehead atoms. The predicted octanol–water partition coefficient (Wildman–Crippen LogP) is 2.52. The molecule has 2 heterocycles. The monoisotopic (exact) mass is 370 g/mol. The van der Waals surface area contributed by atoms with Crippen molar-refractivity contribution >= 4 is 23.3 Å². The van der Waals surface area contributed by atoms with Crippen LogP contribution in [0.4, 0.5) is 0 Å². The van der Waals surface area contributed by atoms with Gasteiger partial charge in [-0.2, -0.15) is 0 Å². The summed E-state index contributed by atoms with van der Waals surface area (Å²) in [5.41, 5.74) is -1.16. The van der Waals surface area contributed by atoms with E-state index in [4.69, 9.17) is 4.74 Å². The van der Waals surface area contributed by atoms with Gasteiger partial charge in [-0.25, -0.2) is 0 Å². The topological polar surface area (TPSA) is 77.5 Å². The maximum Gasteiger partial charge on any atom is 0.320 e. The number of esters is 1. The second-order valence-electron chi connectivity index (χ2n) is 9.56. The van der Waals surface area contributed by atoms with Crippen molar-refractivity contribution in [2.75, 3.05) is 0 Å².